The molecular weight excluding hydrogens is 430 g/mol. The molecule has 0 spiro atoms. The quantitative estimate of drug-likeness (QED) is 0.311. The second kappa shape index (κ2) is 7.75. The maximum atomic E-state index is 12.5. The van der Waals surface area contributed by atoms with E-state index in [0.717, 1.165) is 5.56 Å². The van der Waals surface area contributed by atoms with Gasteiger partial charge in [-0.1, -0.05) is 29.8 Å². The van der Waals surface area contributed by atoms with Gasteiger partial charge in [0, 0.05) is 34.5 Å². The zero-order chi connectivity index (χ0) is 22.2. The lowest BCUT2D eigenvalue weighted by molar-refractivity contribution is -0.384. The van der Waals surface area contributed by atoms with Crippen molar-refractivity contribution in [3.8, 4) is 33.9 Å². The number of H-pyrrole nitrogens is 1. The molecule has 156 valence electrons. The molecule has 8 nitrogen and oxygen atoms in total. The zero-order valence-corrected chi connectivity index (χ0v) is 17.2. The molecule has 5 rings (SSSR count). The van der Waals surface area contributed by atoms with Crippen molar-refractivity contribution in [3.63, 3.8) is 0 Å². The largest absolute Gasteiger partial charge is 0.346 e. The number of non-ortho nitro benzene ring substituents is 1. The number of hydrogen-bond donors (Lipinski definition) is 1. The Hall–Kier alpha value is -4.30. The third-order valence-electron chi connectivity index (χ3n) is 5.02. The summed E-state index contributed by atoms with van der Waals surface area (Å²) in [5.41, 5.74) is 3.83. The van der Waals surface area contributed by atoms with E-state index in [1.807, 2.05) is 40.9 Å². The molecule has 9 heteroatoms. The molecule has 32 heavy (non-hydrogen) atoms. The van der Waals surface area contributed by atoms with Crippen molar-refractivity contribution in [2.45, 2.75) is 0 Å². The molecule has 0 aliphatic rings. The van der Waals surface area contributed by atoms with Gasteiger partial charge in [-0.2, -0.15) is 4.98 Å². The molecule has 0 fully saturated rings. The Kier molecular flexibility index (Phi) is 4.76. The number of nitro groups is 1. The van der Waals surface area contributed by atoms with Gasteiger partial charge in [0.05, 0.1) is 27.7 Å². The van der Waals surface area contributed by atoms with Crippen LogP contribution in [0.1, 0.15) is 0 Å². The van der Waals surface area contributed by atoms with Crippen LogP contribution < -0.4 is 5.69 Å². The Morgan fingerprint density at radius 2 is 1.66 bits per heavy atom. The molecule has 0 amide bonds. The van der Waals surface area contributed by atoms with Crippen LogP contribution in [-0.4, -0.2) is 24.3 Å². The molecule has 3 aromatic heterocycles. The molecule has 0 bridgehead atoms. The Morgan fingerprint density at radius 3 is 2.38 bits per heavy atom. The lowest BCUT2D eigenvalue weighted by Crippen LogP contribution is -2.12. The summed E-state index contributed by atoms with van der Waals surface area (Å²) in [6.45, 7) is 0. The first-order chi connectivity index (χ1) is 15.5. The molecule has 0 atom stereocenters. The van der Waals surface area contributed by atoms with Gasteiger partial charge in [0.15, 0.2) is 0 Å². The standard InChI is InChI=1S/C23H14ClN5O3/c24-16-8-4-15(5-9-16)21-22(28-12-2-1-3-20(28)27-21)19-13-18(25-23(30)26-19)14-6-10-17(11-7-14)29(31)32/h1-13H,(H,25,26,30). The molecule has 0 saturated carbocycles. The van der Waals surface area contributed by atoms with E-state index in [0.29, 0.717) is 39.0 Å². The first kappa shape index (κ1) is 19.7. The predicted molar refractivity (Wildman–Crippen MR) is 122 cm³/mol. The van der Waals surface area contributed by atoms with Crippen molar-refractivity contribution >= 4 is 22.9 Å². The number of aromatic nitrogens is 4. The van der Waals surface area contributed by atoms with E-state index < -0.39 is 10.6 Å². The average molecular weight is 444 g/mol. The van der Waals surface area contributed by atoms with Gasteiger partial charge in [-0.05, 0) is 42.5 Å². The fourth-order valence-corrected chi connectivity index (χ4v) is 3.68. The zero-order valence-electron chi connectivity index (χ0n) is 16.4. The fourth-order valence-electron chi connectivity index (χ4n) is 3.55. The number of fused-ring (bicyclic) bond motifs is 1. The number of rotatable bonds is 4. The normalized spacial score (nSPS) is 11.0. The number of pyridine rings is 1. The number of aromatic amines is 1. The van der Waals surface area contributed by atoms with Crippen LogP contribution in [-0.2, 0) is 0 Å². The number of benzene rings is 2. The topological polar surface area (TPSA) is 106 Å². The van der Waals surface area contributed by atoms with Gasteiger partial charge in [0.25, 0.3) is 5.69 Å². The summed E-state index contributed by atoms with van der Waals surface area (Å²) in [5.74, 6) is 0. The summed E-state index contributed by atoms with van der Waals surface area (Å²) in [6, 6.07) is 20.6. The Labute approximate surface area is 185 Å². The van der Waals surface area contributed by atoms with Gasteiger partial charge in [-0.15, -0.1) is 0 Å². The summed E-state index contributed by atoms with van der Waals surface area (Å²) < 4.78 is 1.88. The molecule has 2 aromatic carbocycles. The van der Waals surface area contributed by atoms with Crippen molar-refractivity contribution in [2.24, 2.45) is 0 Å². The van der Waals surface area contributed by atoms with Crippen molar-refractivity contribution in [2.75, 3.05) is 0 Å². The van der Waals surface area contributed by atoms with Gasteiger partial charge < -0.3 is 4.98 Å². The fraction of sp³-hybridized carbons (Fsp3) is 0. The SMILES string of the molecule is O=c1nc(-c2ccc([N+](=O)[O-])cc2)cc(-c2c(-c3ccc(Cl)cc3)nc3ccccn23)[nH]1. The molecule has 0 radical (unpaired) electrons. The van der Waals surface area contributed by atoms with Gasteiger partial charge in [-0.3, -0.25) is 14.5 Å². The lowest BCUT2D eigenvalue weighted by Gasteiger charge is -2.08. The summed E-state index contributed by atoms with van der Waals surface area (Å²) in [4.78, 5) is 34.5. The molecular formula is C23H14ClN5O3. The van der Waals surface area contributed by atoms with Gasteiger partial charge in [0.2, 0.25) is 0 Å². The number of hydrogen-bond acceptors (Lipinski definition) is 5. The van der Waals surface area contributed by atoms with E-state index in [9.17, 15) is 14.9 Å². The number of halogens is 1. The van der Waals surface area contributed by atoms with E-state index in [1.165, 1.54) is 12.1 Å². The van der Waals surface area contributed by atoms with Crippen molar-refractivity contribution < 1.29 is 4.92 Å². The number of imidazole rings is 1. The van der Waals surface area contributed by atoms with E-state index in [1.54, 1.807) is 30.3 Å². The van der Waals surface area contributed by atoms with Crippen LogP contribution >= 0.6 is 11.6 Å². The first-order valence-corrected chi connectivity index (χ1v) is 9.97. The van der Waals surface area contributed by atoms with Crippen LogP contribution in [0.4, 0.5) is 5.69 Å². The number of nitro benzene ring substituents is 1. The summed E-state index contributed by atoms with van der Waals surface area (Å²) in [5, 5.41) is 11.6. The summed E-state index contributed by atoms with van der Waals surface area (Å²) in [7, 11) is 0. The Bertz CT molecular complexity index is 1520. The highest BCUT2D eigenvalue weighted by Crippen LogP contribution is 2.33. The molecule has 0 aliphatic heterocycles. The smallest absolute Gasteiger partial charge is 0.304 e. The highest BCUT2D eigenvalue weighted by Gasteiger charge is 2.18. The maximum Gasteiger partial charge on any atom is 0.346 e. The highest BCUT2D eigenvalue weighted by molar-refractivity contribution is 6.30. The third-order valence-corrected chi connectivity index (χ3v) is 5.27. The molecule has 0 unspecified atom stereocenters. The van der Waals surface area contributed by atoms with Crippen molar-refractivity contribution in [1.82, 2.24) is 19.4 Å². The van der Waals surface area contributed by atoms with Crippen LogP contribution in [0.25, 0.3) is 39.5 Å². The second-order valence-corrected chi connectivity index (χ2v) is 7.47. The molecule has 5 aromatic rings. The van der Waals surface area contributed by atoms with E-state index >= 15 is 0 Å². The predicted octanol–water partition coefficient (Wildman–Crippen LogP) is 4.98. The third kappa shape index (κ3) is 3.52. The average Bonchev–Trinajstić information content (AvgIpc) is 3.19. The lowest BCUT2D eigenvalue weighted by atomic mass is 10.1. The van der Waals surface area contributed by atoms with Gasteiger partial charge in [0.1, 0.15) is 5.65 Å². The van der Waals surface area contributed by atoms with Crippen LogP contribution in [0, 0.1) is 10.1 Å². The van der Waals surface area contributed by atoms with E-state index in [-0.39, 0.29) is 5.69 Å². The molecule has 3 heterocycles. The monoisotopic (exact) mass is 443 g/mol. The minimum Gasteiger partial charge on any atom is -0.304 e. The minimum absolute atomic E-state index is 0.0365. The number of nitrogens with zero attached hydrogens (tertiary/aromatic N) is 4. The van der Waals surface area contributed by atoms with Gasteiger partial charge in [-0.25, -0.2) is 9.78 Å². The maximum absolute atomic E-state index is 12.5. The van der Waals surface area contributed by atoms with Crippen LogP contribution in [0.3, 0.4) is 0 Å². The highest BCUT2D eigenvalue weighted by atomic mass is 35.5. The van der Waals surface area contributed by atoms with Crippen LogP contribution in [0.2, 0.25) is 5.02 Å². The number of nitrogens with one attached hydrogen (secondary N) is 1. The minimum atomic E-state index is -0.538. The second-order valence-electron chi connectivity index (χ2n) is 7.03. The molecule has 1 N–H and O–H groups in total. The van der Waals surface area contributed by atoms with Crippen molar-refractivity contribution in [3.05, 3.63) is 105 Å². The summed E-state index contributed by atoms with van der Waals surface area (Å²) >= 11 is 6.05. The summed E-state index contributed by atoms with van der Waals surface area (Å²) in [6.07, 6.45) is 1.86. The molecule has 0 saturated heterocycles. The van der Waals surface area contributed by atoms with E-state index in [2.05, 4.69) is 9.97 Å². The van der Waals surface area contributed by atoms with Crippen LogP contribution in [0.15, 0.2) is 83.8 Å². The van der Waals surface area contributed by atoms with Crippen LogP contribution in [0.5, 0.6) is 0 Å². The Morgan fingerprint density at radius 1 is 0.938 bits per heavy atom. The van der Waals surface area contributed by atoms with Gasteiger partial charge >= 0.3 is 5.69 Å². The Balaban J connectivity index is 1.72. The first-order valence-electron chi connectivity index (χ1n) is 9.59. The van der Waals surface area contributed by atoms with E-state index in [4.69, 9.17) is 16.6 Å². The van der Waals surface area contributed by atoms with Crippen molar-refractivity contribution in [1.29, 1.82) is 0 Å². The molecule has 0 aliphatic carbocycles.